The fraction of sp³-hybridized carbons (Fsp3) is 0.278. The number of hydrogen-bond donors (Lipinski definition) is 1. The Labute approximate surface area is 157 Å². The van der Waals surface area contributed by atoms with E-state index in [0.717, 1.165) is 20.6 Å². The van der Waals surface area contributed by atoms with Crippen molar-refractivity contribution in [1.29, 1.82) is 0 Å². The Bertz CT molecular complexity index is 808. The molecule has 0 aromatic heterocycles. The number of nitrogens with one attached hydrogen (secondary N) is 1. The van der Waals surface area contributed by atoms with Crippen LogP contribution in [0.25, 0.3) is 0 Å². The van der Waals surface area contributed by atoms with Gasteiger partial charge in [0.05, 0.1) is 18.0 Å². The topological polar surface area (TPSA) is 66.5 Å². The summed E-state index contributed by atoms with van der Waals surface area (Å²) in [4.78, 5) is 12.5. The summed E-state index contributed by atoms with van der Waals surface area (Å²) < 4.78 is 26.2. The average Bonchev–Trinajstić information content (AvgIpc) is 2.58. The number of anilines is 1. The lowest BCUT2D eigenvalue weighted by Crippen LogP contribution is -2.41. The first-order valence-corrected chi connectivity index (χ1v) is 10.5. The molecule has 0 heterocycles. The van der Waals surface area contributed by atoms with E-state index in [2.05, 4.69) is 21.2 Å². The standard InChI is InChI=1S/C18H21BrN2O3S/c1-3-17(14-7-5-4-6-8-14)20-18(22)13-21(25(2,23)24)16-11-9-15(19)10-12-16/h4-12,17H,3,13H2,1-2H3,(H,20,22). The van der Waals surface area contributed by atoms with Crippen molar-refractivity contribution in [2.24, 2.45) is 0 Å². The van der Waals surface area contributed by atoms with Gasteiger partial charge >= 0.3 is 0 Å². The van der Waals surface area contributed by atoms with Crippen LogP contribution in [0.3, 0.4) is 0 Å². The van der Waals surface area contributed by atoms with Gasteiger partial charge in [0, 0.05) is 4.47 Å². The van der Waals surface area contributed by atoms with Crippen molar-refractivity contribution >= 4 is 37.5 Å². The number of carbonyl (C=O) groups is 1. The Balaban J connectivity index is 2.15. The average molecular weight is 425 g/mol. The molecule has 2 aromatic rings. The minimum Gasteiger partial charge on any atom is -0.348 e. The van der Waals surface area contributed by atoms with Crippen LogP contribution in [0.4, 0.5) is 5.69 Å². The van der Waals surface area contributed by atoms with Crippen molar-refractivity contribution in [3.8, 4) is 0 Å². The molecule has 0 aliphatic carbocycles. The van der Waals surface area contributed by atoms with Crippen molar-refractivity contribution < 1.29 is 13.2 Å². The molecule has 5 nitrogen and oxygen atoms in total. The van der Waals surface area contributed by atoms with E-state index in [4.69, 9.17) is 0 Å². The molecule has 7 heteroatoms. The summed E-state index contributed by atoms with van der Waals surface area (Å²) in [6, 6.07) is 16.3. The van der Waals surface area contributed by atoms with Crippen molar-refractivity contribution in [2.45, 2.75) is 19.4 Å². The molecule has 0 saturated heterocycles. The van der Waals surface area contributed by atoms with Crippen molar-refractivity contribution in [1.82, 2.24) is 5.32 Å². The van der Waals surface area contributed by atoms with Crippen LogP contribution in [-0.4, -0.2) is 27.1 Å². The molecule has 0 saturated carbocycles. The van der Waals surface area contributed by atoms with Gasteiger partial charge in [0.25, 0.3) is 0 Å². The van der Waals surface area contributed by atoms with Gasteiger partial charge in [0.15, 0.2) is 0 Å². The number of nitrogens with zero attached hydrogens (tertiary/aromatic N) is 1. The first kappa shape index (κ1) is 19.5. The maximum atomic E-state index is 12.5. The highest BCUT2D eigenvalue weighted by Gasteiger charge is 2.22. The first-order valence-electron chi connectivity index (χ1n) is 7.89. The molecule has 0 bridgehead atoms. The Kier molecular flexibility index (Phi) is 6.61. The Morgan fingerprint density at radius 1 is 1.12 bits per heavy atom. The number of amides is 1. The molecule has 0 radical (unpaired) electrons. The lowest BCUT2D eigenvalue weighted by molar-refractivity contribution is -0.120. The van der Waals surface area contributed by atoms with Gasteiger partial charge in [-0.05, 0) is 36.2 Å². The van der Waals surface area contributed by atoms with Crippen molar-refractivity contribution in [3.05, 3.63) is 64.6 Å². The fourth-order valence-corrected chi connectivity index (χ4v) is 3.60. The molecule has 1 unspecified atom stereocenters. The smallest absolute Gasteiger partial charge is 0.241 e. The van der Waals surface area contributed by atoms with Crippen molar-refractivity contribution in [3.63, 3.8) is 0 Å². The molecule has 25 heavy (non-hydrogen) atoms. The van der Waals surface area contributed by atoms with Crippen LogP contribution in [-0.2, 0) is 14.8 Å². The van der Waals surface area contributed by atoms with Gasteiger partial charge < -0.3 is 5.32 Å². The number of carbonyl (C=O) groups excluding carboxylic acids is 1. The first-order chi connectivity index (χ1) is 11.8. The van der Waals surface area contributed by atoms with Gasteiger partial charge in [0.1, 0.15) is 6.54 Å². The summed E-state index contributed by atoms with van der Waals surface area (Å²) in [5, 5.41) is 2.91. The predicted octanol–water partition coefficient (Wildman–Crippen LogP) is 3.48. The largest absolute Gasteiger partial charge is 0.348 e. The van der Waals surface area contributed by atoms with E-state index < -0.39 is 10.0 Å². The summed E-state index contributed by atoms with van der Waals surface area (Å²) >= 11 is 3.32. The van der Waals surface area contributed by atoms with Gasteiger partial charge in [-0.2, -0.15) is 0 Å². The van der Waals surface area contributed by atoms with Crippen LogP contribution < -0.4 is 9.62 Å². The number of benzene rings is 2. The molecule has 0 aliphatic rings. The maximum absolute atomic E-state index is 12.5. The third-order valence-electron chi connectivity index (χ3n) is 3.75. The van der Waals surface area contributed by atoms with Crippen LogP contribution in [0, 0.1) is 0 Å². The van der Waals surface area contributed by atoms with E-state index in [0.29, 0.717) is 12.1 Å². The van der Waals surface area contributed by atoms with Crippen LogP contribution in [0.1, 0.15) is 24.9 Å². The lowest BCUT2D eigenvalue weighted by atomic mass is 10.0. The molecule has 0 aliphatic heterocycles. The molecule has 0 spiro atoms. The van der Waals surface area contributed by atoms with Crippen LogP contribution >= 0.6 is 15.9 Å². The Morgan fingerprint density at radius 2 is 1.72 bits per heavy atom. The number of halogens is 1. The zero-order valence-corrected chi connectivity index (χ0v) is 16.5. The lowest BCUT2D eigenvalue weighted by Gasteiger charge is -2.24. The van der Waals surface area contributed by atoms with E-state index in [1.807, 2.05) is 37.3 Å². The van der Waals surface area contributed by atoms with E-state index in [9.17, 15) is 13.2 Å². The SMILES string of the molecule is CCC(NC(=O)CN(c1ccc(Br)cc1)S(C)(=O)=O)c1ccccc1. The van der Waals surface area contributed by atoms with Crippen molar-refractivity contribution in [2.75, 3.05) is 17.1 Å². The number of sulfonamides is 1. The zero-order chi connectivity index (χ0) is 18.4. The third-order valence-corrected chi connectivity index (χ3v) is 5.42. The molecular formula is C18H21BrN2O3S. The van der Waals surface area contributed by atoms with E-state index in [1.54, 1.807) is 24.3 Å². The molecule has 1 amide bonds. The Hall–Kier alpha value is -1.86. The monoisotopic (exact) mass is 424 g/mol. The summed E-state index contributed by atoms with van der Waals surface area (Å²) in [7, 11) is -3.58. The molecule has 134 valence electrons. The minimum absolute atomic E-state index is 0.153. The Morgan fingerprint density at radius 3 is 2.24 bits per heavy atom. The summed E-state index contributed by atoms with van der Waals surface area (Å²) in [6.07, 6.45) is 1.81. The second-order valence-corrected chi connectivity index (χ2v) is 8.51. The van der Waals surface area contributed by atoms with E-state index in [-0.39, 0.29) is 18.5 Å². The van der Waals surface area contributed by atoms with Gasteiger partial charge in [-0.25, -0.2) is 8.42 Å². The number of rotatable bonds is 7. The molecule has 2 rings (SSSR count). The highest BCUT2D eigenvalue weighted by molar-refractivity contribution is 9.10. The quantitative estimate of drug-likeness (QED) is 0.739. The van der Waals surface area contributed by atoms with E-state index >= 15 is 0 Å². The highest BCUT2D eigenvalue weighted by atomic mass is 79.9. The van der Waals surface area contributed by atoms with E-state index in [1.165, 1.54) is 0 Å². The predicted molar refractivity (Wildman–Crippen MR) is 104 cm³/mol. The second kappa shape index (κ2) is 8.49. The molecular weight excluding hydrogens is 404 g/mol. The summed E-state index contributed by atoms with van der Waals surface area (Å²) in [6.45, 7) is 1.71. The van der Waals surface area contributed by atoms with Crippen LogP contribution in [0.5, 0.6) is 0 Å². The molecule has 0 fully saturated rings. The normalized spacial score (nSPS) is 12.4. The van der Waals surface area contributed by atoms with Gasteiger partial charge in [-0.3, -0.25) is 9.10 Å². The van der Waals surface area contributed by atoms with Gasteiger partial charge in [0.2, 0.25) is 15.9 Å². The van der Waals surface area contributed by atoms with Crippen LogP contribution in [0.15, 0.2) is 59.1 Å². The number of hydrogen-bond acceptors (Lipinski definition) is 3. The minimum atomic E-state index is -3.58. The molecule has 2 aromatic carbocycles. The summed E-state index contributed by atoms with van der Waals surface area (Å²) in [5.41, 5.74) is 1.45. The molecule has 1 N–H and O–H groups in total. The third kappa shape index (κ3) is 5.57. The fourth-order valence-electron chi connectivity index (χ4n) is 2.48. The summed E-state index contributed by atoms with van der Waals surface area (Å²) in [5.74, 6) is -0.343. The maximum Gasteiger partial charge on any atom is 0.241 e. The van der Waals surface area contributed by atoms with Crippen LogP contribution in [0.2, 0.25) is 0 Å². The second-order valence-electron chi connectivity index (χ2n) is 5.69. The van der Waals surface area contributed by atoms with Gasteiger partial charge in [-0.15, -0.1) is 0 Å². The molecule has 1 atom stereocenters. The highest BCUT2D eigenvalue weighted by Crippen LogP contribution is 2.21. The zero-order valence-electron chi connectivity index (χ0n) is 14.1. The van der Waals surface area contributed by atoms with Gasteiger partial charge in [-0.1, -0.05) is 53.2 Å².